The number of amides is 1. The van der Waals surface area contributed by atoms with Crippen LogP contribution >= 0.6 is 23.2 Å². The largest absolute Gasteiger partial charge is 0.351 e. The van der Waals surface area contributed by atoms with Crippen molar-refractivity contribution in [3.63, 3.8) is 0 Å². The molecule has 8 heteroatoms. The highest BCUT2D eigenvalue weighted by atomic mass is 35.5. The third kappa shape index (κ3) is 4.65. The predicted molar refractivity (Wildman–Crippen MR) is 121 cm³/mol. The molecule has 0 bridgehead atoms. The number of carbonyl (C=O) groups excluding carboxylic acids is 1. The molecule has 3 aromatic rings. The van der Waals surface area contributed by atoms with Crippen LogP contribution in [0.2, 0.25) is 10.0 Å². The van der Waals surface area contributed by atoms with Crippen molar-refractivity contribution >= 4 is 40.6 Å². The molecule has 2 atom stereocenters. The van der Waals surface area contributed by atoms with E-state index in [4.69, 9.17) is 23.2 Å². The van der Waals surface area contributed by atoms with Gasteiger partial charge >= 0.3 is 0 Å². The van der Waals surface area contributed by atoms with Gasteiger partial charge in [0.1, 0.15) is 5.82 Å². The number of fused-ring (bicyclic) bond motifs is 1. The smallest absolute Gasteiger partial charge is 0.231 e. The molecule has 1 N–H and O–H groups in total. The van der Waals surface area contributed by atoms with Gasteiger partial charge < -0.3 is 5.32 Å². The summed E-state index contributed by atoms with van der Waals surface area (Å²) in [6, 6.07) is 13.5. The molecule has 2 heterocycles. The molecule has 0 saturated heterocycles. The molecule has 4 rings (SSSR count). The molecule has 1 aliphatic heterocycles. The molecule has 2 aromatic carbocycles. The Morgan fingerprint density at radius 2 is 1.97 bits per heavy atom. The number of aryl methyl sites for hydroxylation is 1. The van der Waals surface area contributed by atoms with Gasteiger partial charge in [0.15, 0.2) is 5.82 Å². The minimum atomic E-state index is -0.512. The zero-order chi connectivity index (χ0) is 22.0. The molecule has 0 saturated carbocycles. The van der Waals surface area contributed by atoms with E-state index in [2.05, 4.69) is 15.4 Å². The fraction of sp³-hybridized carbons (Fsp3) is 0.261. The standard InChI is InChI=1S/C23H21Cl2FN4O/c1-14-22(23(31)27-13-16-4-2-3-5-19(16)26)20(30-21(29-14)10-11-28-30)9-7-15-6-8-17(24)18(25)12-15/h2-6,8,10-12,20,22H,7,9,13H2,1H3,(H,27,31). The van der Waals surface area contributed by atoms with Crippen LogP contribution in [0.3, 0.4) is 0 Å². The predicted octanol–water partition coefficient (Wildman–Crippen LogP) is 5.54. The Labute approximate surface area is 189 Å². The summed E-state index contributed by atoms with van der Waals surface area (Å²) in [5, 5.41) is 8.28. The Morgan fingerprint density at radius 1 is 1.16 bits per heavy atom. The number of nitrogens with one attached hydrogen (secondary N) is 1. The number of halogens is 3. The second-order valence-corrected chi connectivity index (χ2v) is 8.34. The Balaban J connectivity index is 1.54. The first-order chi connectivity index (χ1) is 14.9. The van der Waals surface area contributed by atoms with Gasteiger partial charge in [-0.25, -0.2) is 14.1 Å². The molecule has 31 heavy (non-hydrogen) atoms. The van der Waals surface area contributed by atoms with Crippen LogP contribution in [0.5, 0.6) is 0 Å². The Bertz CT molecular complexity index is 1140. The molecule has 0 aliphatic carbocycles. The van der Waals surface area contributed by atoms with Crippen molar-refractivity contribution in [2.24, 2.45) is 10.9 Å². The zero-order valence-corrected chi connectivity index (χ0v) is 18.4. The molecule has 0 fully saturated rings. The van der Waals surface area contributed by atoms with Crippen molar-refractivity contribution in [1.82, 2.24) is 15.1 Å². The maximum Gasteiger partial charge on any atom is 0.231 e. The Kier molecular flexibility index (Phi) is 6.39. The van der Waals surface area contributed by atoms with Crippen molar-refractivity contribution < 1.29 is 9.18 Å². The summed E-state index contributed by atoms with van der Waals surface area (Å²) in [5.41, 5.74) is 2.17. The van der Waals surface area contributed by atoms with Gasteiger partial charge in [-0.15, -0.1) is 0 Å². The molecule has 0 spiro atoms. The molecule has 1 amide bonds. The zero-order valence-electron chi connectivity index (χ0n) is 16.9. The lowest BCUT2D eigenvalue weighted by Gasteiger charge is -2.31. The van der Waals surface area contributed by atoms with Crippen LogP contribution in [0.15, 0.2) is 59.7 Å². The van der Waals surface area contributed by atoms with Crippen LogP contribution in [0, 0.1) is 11.7 Å². The van der Waals surface area contributed by atoms with Crippen molar-refractivity contribution in [1.29, 1.82) is 0 Å². The highest BCUT2D eigenvalue weighted by Crippen LogP contribution is 2.35. The van der Waals surface area contributed by atoms with E-state index in [0.29, 0.717) is 34.2 Å². The van der Waals surface area contributed by atoms with Crippen LogP contribution in [0.25, 0.3) is 0 Å². The molecule has 1 aromatic heterocycles. The highest BCUT2D eigenvalue weighted by molar-refractivity contribution is 6.42. The number of carbonyl (C=O) groups is 1. The number of aliphatic imine (C=N–C) groups is 1. The van der Waals surface area contributed by atoms with Crippen LogP contribution in [-0.4, -0.2) is 21.4 Å². The van der Waals surface area contributed by atoms with Crippen molar-refractivity contribution in [2.75, 3.05) is 0 Å². The van der Waals surface area contributed by atoms with E-state index in [1.165, 1.54) is 6.07 Å². The van der Waals surface area contributed by atoms with E-state index in [1.54, 1.807) is 35.1 Å². The lowest BCUT2D eigenvalue weighted by molar-refractivity contribution is -0.124. The normalized spacial score (nSPS) is 17.7. The van der Waals surface area contributed by atoms with Gasteiger partial charge in [-0.05, 0) is 43.5 Å². The molecular weight excluding hydrogens is 438 g/mol. The fourth-order valence-corrected chi connectivity index (χ4v) is 4.24. The van der Waals surface area contributed by atoms with Gasteiger partial charge in [-0.3, -0.25) is 4.79 Å². The maximum absolute atomic E-state index is 14.0. The van der Waals surface area contributed by atoms with Gasteiger partial charge in [0.05, 0.1) is 28.2 Å². The van der Waals surface area contributed by atoms with Crippen molar-refractivity contribution in [3.05, 3.63) is 81.7 Å². The summed E-state index contributed by atoms with van der Waals surface area (Å²) >= 11 is 12.2. The van der Waals surface area contributed by atoms with Gasteiger partial charge in [-0.2, -0.15) is 5.10 Å². The number of hydrogen-bond donors (Lipinski definition) is 1. The quantitative estimate of drug-likeness (QED) is 0.526. The first-order valence-electron chi connectivity index (χ1n) is 9.98. The fourth-order valence-electron chi connectivity index (χ4n) is 3.92. The van der Waals surface area contributed by atoms with Crippen LogP contribution < -0.4 is 5.32 Å². The van der Waals surface area contributed by atoms with E-state index in [9.17, 15) is 9.18 Å². The first-order valence-corrected chi connectivity index (χ1v) is 10.7. The third-order valence-electron chi connectivity index (χ3n) is 5.50. The van der Waals surface area contributed by atoms with Gasteiger partial charge in [0.25, 0.3) is 0 Å². The van der Waals surface area contributed by atoms with Gasteiger partial charge in [0.2, 0.25) is 5.91 Å². The average molecular weight is 459 g/mol. The SMILES string of the molecule is CC1=Nc2ccnn2C(CCc2ccc(Cl)c(Cl)c2)C1C(=O)NCc1ccccc1F. The van der Waals surface area contributed by atoms with Gasteiger partial charge in [0, 0.05) is 23.9 Å². The monoisotopic (exact) mass is 458 g/mol. The molecule has 1 aliphatic rings. The molecule has 5 nitrogen and oxygen atoms in total. The molecule has 2 unspecified atom stereocenters. The summed E-state index contributed by atoms with van der Waals surface area (Å²) in [4.78, 5) is 17.7. The van der Waals surface area contributed by atoms with E-state index in [1.807, 2.05) is 25.1 Å². The minimum Gasteiger partial charge on any atom is -0.351 e. The summed E-state index contributed by atoms with van der Waals surface area (Å²) in [5.74, 6) is -0.344. The Morgan fingerprint density at radius 3 is 2.74 bits per heavy atom. The maximum atomic E-state index is 14.0. The van der Waals surface area contributed by atoms with Crippen LogP contribution in [0.4, 0.5) is 10.2 Å². The Hall–Kier alpha value is -2.70. The molecular formula is C23H21Cl2FN4O. The number of nitrogens with zero attached hydrogens (tertiary/aromatic N) is 3. The molecule has 0 radical (unpaired) electrons. The summed E-state index contributed by atoms with van der Waals surface area (Å²) < 4.78 is 15.7. The molecule has 160 valence electrons. The number of hydrogen-bond acceptors (Lipinski definition) is 3. The number of benzene rings is 2. The minimum absolute atomic E-state index is 0.112. The van der Waals surface area contributed by atoms with E-state index >= 15 is 0 Å². The number of rotatable bonds is 6. The topological polar surface area (TPSA) is 59.3 Å². The first kappa shape index (κ1) is 21.5. The average Bonchev–Trinajstić information content (AvgIpc) is 3.21. The second-order valence-electron chi connectivity index (χ2n) is 7.53. The van der Waals surface area contributed by atoms with Crippen LogP contribution in [0.1, 0.15) is 30.5 Å². The van der Waals surface area contributed by atoms with Crippen LogP contribution in [-0.2, 0) is 17.8 Å². The summed E-state index contributed by atoms with van der Waals surface area (Å²) in [6.07, 6.45) is 3.01. The van der Waals surface area contributed by atoms with E-state index < -0.39 is 5.92 Å². The lowest BCUT2D eigenvalue weighted by Crippen LogP contribution is -2.41. The summed E-state index contributed by atoms with van der Waals surface area (Å²) in [7, 11) is 0. The highest BCUT2D eigenvalue weighted by Gasteiger charge is 2.36. The number of aromatic nitrogens is 2. The van der Waals surface area contributed by atoms with E-state index in [-0.39, 0.29) is 24.3 Å². The van der Waals surface area contributed by atoms with Gasteiger partial charge in [-0.1, -0.05) is 47.5 Å². The third-order valence-corrected chi connectivity index (χ3v) is 6.23. The lowest BCUT2D eigenvalue weighted by atomic mass is 9.88. The summed E-state index contributed by atoms with van der Waals surface area (Å²) in [6.45, 7) is 1.96. The van der Waals surface area contributed by atoms with Crippen molar-refractivity contribution in [2.45, 2.75) is 32.4 Å². The van der Waals surface area contributed by atoms with E-state index in [0.717, 1.165) is 11.4 Å². The second kappa shape index (κ2) is 9.20. The van der Waals surface area contributed by atoms with Crippen molar-refractivity contribution in [3.8, 4) is 0 Å².